The fourth-order valence-corrected chi connectivity index (χ4v) is 2.81. The lowest BCUT2D eigenvalue weighted by Crippen LogP contribution is -2.05. The third-order valence-corrected chi connectivity index (χ3v) is 4.37. The normalized spacial score (nSPS) is 12.5. The third kappa shape index (κ3) is 5.12. The molecule has 0 saturated carbocycles. The maximum atomic E-state index is 12.1. The van der Waals surface area contributed by atoms with Crippen molar-refractivity contribution in [2.24, 2.45) is 0 Å². The Hall–Kier alpha value is -1.42. The second kappa shape index (κ2) is 8.13. The van der Waals surface area contributed by atoms with Gasteiger partial charge in [-0.1, -0.05) is 35.9 Å². The number of methoxy groups -OCH3 is 1. The third-order valence-electron chi connectivity index (χ3n) is 2.91. The SMILES string of the molecule is COc1cccc([S+]([O-])C/[C]=C/Cc2ccc(Cl)cc2)c1. The van der Waals surface area contributed by atoms with Gasteiger partial charge in [0.05, 0.1) is 7.11 Å². The van der Waals surface area contributed by atoms with Crippen LogP contribution in [0.25, 0.3) is 0 Å². The van der Waals surface area contributed by atoms with Crippen LogP contribution in [0.5, 0.6) is 5.75 Å². The predicted octanol–water partition coefficient (Wildman–Crippen LogP) is 4.06. The number of allylic oxidation sites excluding steroid dienone is 1. The Morgan fingerprint density at radius 1 is 1.24 bits per heavy atom. The van der Waals surface area contributed by atoms with E-state index in [2.05, 4.69) is 6.08 Å². The molecule has 0 aliphatic carbocycles. The molecule has 1 atom stereocenters. The zero-order chi connectivity index (χ0) is 15.1. The Bertz CT molecular complexity index is 596. The van der Waals surface area contributed by atoms with Gasteiger partial charge >= 0.3 is 0 Å². The van der Waals surface area contributed by atoms with E-state index in [4.69, 9.17) is 16.3 Å². The second-order valence-electron chi connectivity index (χ2n) is 4.41. The minimum absolute atomic E-state index is 0.376. The van der Waals surface area contributed by atoms with Gasteiger partial charge in [-0.05, 0) is 47.4 Å². The maximum absolute atomic E-state index is 12.1. The molecule has 2 aromatic rings. The molecule has 0 spiro atoms. The molecule has 109 valence electrons. The summed E-state index contributed by atoms with van der Waals surface area (Å²) < 4.78 is 17.2. The van der Waals surface area contributed by atoms with Gasteiger partial charge in [-0.15, -0.1) is 0 Å². The summed E-state index contributed by atoms with van der Waals surface area (Å²) in [7, 11) is 1.60. The molecule has 0 N–H and O–H groups in total. The summed E-state index contributed by atoms with van der Waals surface area (Å²) in [6.07, 6.45) is 5.75. The molecule has 0 heterocycles. The van der Waals surface area contributed by atoms with E-state index in [9.17, 15) is 4.55 Å². The van der Waals surface area contributed by atoms with Crippen molar-refractivity contribution in [1.82, 2.24) is 0 Å². The van der Waals surface area contributed by atoms with Crippen LogP contribution < -0.4 is 4.74 Å². The molecule has 1 unspecified atom stereocenters. The van der Waals surface area contributed by atoms with E-state index in [1.165, 1.54) is 0 Å². The molecule has 4 heteroatoms. The number of ether oxygens (including phenoxy) is 1. The number of hydrogen-bond donors (Lipinski definition) is 0. The zero-order valence-electron chi connectivity index (χ0n) is 11.7. The molecule has 1 radical (unpaired) electrons. The quantitative estimate of drug-likeness (QED) is 0.752. The average Bonchev–Trinajstić information content (AvgIpc) is 2.53. The van der Waals surface area contributed by atoms with E-state index in [1.54, 1.807) is 13.2 Å². The largest absolute Gasteiger partial charge is 0.611 e. The number of halogens is 1. The van der Waals surface area contributed by atoms with Crippen molar-refractivity contribution in [3.63, 3.8) is 0 Å². The molecule has 2 aromatic carbocycles. The fourth-order valence-electron chi connectivity index (χ4n) is 1.77. The van der Waals surface area contributed by atoms with Gasteiger partial charge in [0.15, 0.2) is 4.90 Å². The van der Waals surface area contributed by atoms with Gasteiger partial charge in [-0.2, -0.15) is 0 Å². The van der Waals surface area contributed by atoms with Crippen LogP contribution in [0, 0.1) is 6.08 Å². The van der Waals surface area contributed by atoms with E-state index in [-0.39, 0.29) is 0 Å². The minimum atomic E-state index is -1.10. The Labute approximate surface area is 133 Å². The lowest BCUT2D eigenvalue weighted by Gasteiger charge is -2.08. The summed E-state index contributed by atoms with van der Waals surface area (Å²) in [6, 6.07) is 15.0. The summed E-state index contributed by atoms with van der Waals surface area (Å²) in [5.74, 6) is 1.09. The summed E-state index contributed by atoms with van der Waals surface area (Å²) >= 11 is 4.73. The minimum Gasteiger partial charge on any atom is -0.611 e. The first-order valence-corrected chi connectivity index (χ1v) is 8.20. The highest BCUT2D eigenvalue weighted by Gasteiger charge is 2.09. The van der Waals surface area contributed by atoms with Crippen LogP contribution in [0.1, 0.15) is 5.56 Å². The Morgan fingerprint density at radius 2 is 2.00 bits per heavy atom. The highest BCUT2D eigenvalue weighted by atomic mass is 35.5. The Morgan fingerprint density at radius 3 is 2.71 bits per heavy atom. The van der Waals surface area contributed by atoms with Crippen molar-refractivity contribution in [3.05, 3.63) is 71.3 Å². The number of benzene rings is 2. The van der Waals surface area contributed by atoms with Crippen LogP contribution in [0.4, 0.5) is 0 Å². The van der Waals surface area contributed by atoms with Gasteiger partial charge in [0.25, 0.3) is 0 Å². The second-order valence-corrected chi connectivity index (χ2v) is 6.30. The first-order valence-electron chi connectivity index (χ1n) is 6.51. The average molecular weight is 320 g/mol. The van der Waals surface area contributed by atoms with Crippen LogP contribution in [0.15, 0.2) is 59.5 Å². The summed E-state index contributed by atoms with van der Waals surface area (Å²) in [6.45, 7) is 0. The zero-order valence-corrected chi connectivity index (χ0v) is 13.3. The van der Waals surface area contributed by atoms with Gasteiger partial charge < -0.3 is 9.29 Å². The molecule has 0 aliphatic rings. The molecule has 21 heavy (non-hydrogen) atoms. The van der Waals surface area contributed by atoms with Crippen molar-refractivity contribution in [2.45, 2.75) is 11.3 Å². The highest BCUT2D eigenvalue weighted by Crippen LogP contribution is 2.18. The molecule has 0 fully saturated rings. The van der Waals surface area contributed by atoms with Crippen LogP contribution in [0.2, 0.25) is 5.02 Å². The van der Waals surface area contributed by atoms with Crippen molar-refractivity contribution in [3.8, 4) is 5.75 Å². The van der Waals surface area contributed by atoms with Crippen LogP contribution in [-0.4, -0.2) is 17.4 Å². The number of rotatable bonds is 6. The van der Waals surface area contributed by atoms with Crippen LogP contribution in [0.3, 0.4) is 0 Å². The molecule has 0 saturated heterocycles. The molecule has 2 nitrogen and oxygen atoms in total. The van der Waals surface area contributed by atoms with Crippen molar-refractivity contribution >= 4 is 22.8 Å². The Kier molecular flexibility index (Phi) is 6.18. The smallest absolute Gasteiger partial charge is 0.156 e. The lowest BCUT2D eigenvalue weighted by atomic mass is 10.1. The molecular weight excluding hydrogens is 304 g/mol. The van der Waals surface area contributed by atoms with E-state index in [0.717, 1.165) is 21.9 Å². The van der Waals surface area contributed by atoms with E-state index in [1.807, 2.05) is 48.5 Å². The summed E-state index contributed by atoms with van der Waals surface area (Å²) in [5, 5.41) is 0.728. The van der Waals surface area contributed by atoms with Crippen LogP contribution >= 0.6 is 11.6 Å². The number of hydrogen-bond acceptors (Lipinski definition) is 2. The first kappa shape index (κ1) is 16.0. The van der Waals surface area contributed by atoms with Gasteiger partial charge in [0, 0.05) is 17.2 Å². The van der Waals surface area contributed by atoms with Gasteiger partial charge in [-0.25, -0.2) is 0 Å². The standard InChI is InChI=1S/C17H16ClO2S/c1-20-16-6-4-7-17(13-16)21(19)12-3-2-5-14-8-10-15(18)11-9-14/h2,4,6-11,13H,5,12H2,1H3. The monoisotopic (exact) mass is 319 g/mol. The summed E-state index contributed by atoms with van der Waals surface area (Å²) in [5.41, 5.74) is 1.15. The van der Waals surface area contributed by atoms with Gasteiger partial charge in [0.2, 0.25) is 0 Å². The molecule has 0 bridgehead atoms. The van der Waals surface area contributed by atoms with E-state index >= 15 is 0 Å². The molecule has 0 aliphatic heterocycles. The molecule has 0 aromatic heterocycles. The van der Waals surface area contributed by atoms with Crippen molar-refractivity contribution < 1.29 is 9.29 Å². The van der Waals surface area contributed by atoms with Gasteiger partial charge in [-0.3, -0.25) is 0 Å². The fraction of sp³-hybridized carbons (Fsp3) is 0.176. The predicted molar refractivity (Wildman–Crippen MR) is 87.2 cm³/mol. The lowest BCUT2D eigenvalue weighted by molar-refractivity contribution is 0.413. The van der Waals surface area contributed by atoms with Gasteiger partial charge in [0.1, 0.15) is 11.5 Å². The first-order chi connectivity index (χ1) is 10.2. The van der Waals surface area contributed by atoms with Crippen LogP contribution in [-0.2, 0) is 17.6 Å². The Balaban J connectivity index is 1.86. The summed E-state index contributed by atoms with van der Waals surface area (Å²) in [4.78, 5) is 0.752. The van der Waals surface area contributed by atoms with Crippen molar-refractivity contribution in [1.29, 1.82) is 0 Å². The van der Waals surface area contributed by atoms with E-state index < -0.39 is 11.2 Å². The molecule has 2 rings (SSSR count). The van der Waals surface area contributed by atoms with E-state index in [0.29, 0.717) is 11.5 Å². The molecular formula is C17H16ClO2S. The van der Waals surface area contributed by atoms with Crippen molar-refractivity contribution in [2.75, 3.05) is 12.9 Å². The topological polar surface area (TPSA) is 32.3 Å². The molecule has 0 amide bonds. The maximum Gasteiger partial charge on any atom is 0.156 e. The highest BCUT2D eigenvalue weighted by molar-refractivity contribution is 7.91.